The van der Waals surface area contributed by atoms with Crippen LogP contribution in [0.3, 0.4) is 0 Å². The first-order chi connectivity index (χ1) is 12.8. The van der Waals surface area contributed by atoms with Crippen LogP contribution >= 0.6 is 11.6 Å². The largest absolute Gasteiger partial charge is 0.366 e. The molecular formula is C21H23ClN4O. The number of hydrogen-bond acceptors (Lipinski definition) is 4. The molecule has 1 heterocycles. The van der Waals surface area contributed by atoms with Gasteiger partial charge in [-0.2, -0.15) is 5.10 Å². The van der Waals surface area contributed by atoms with Crippen LogP contribution in [-0.2, 0) is 0 Å². The summed E-state index contributed by atoms with van der Waals surface area (Å²) in [6.07, 6.45) is 1.73. The molecule has 0 saturated heterocycles. The van der Waals surface area contributed by atoms with Crippen LogP contribution in [0.4, 0.5) is 5.82 Å². The molecule has 0 bridgehead atoms. The summed E-state index contributed by atoms with van der Waals surface area (Å²) in [5, 5.41) is 17.0. The lowest BCUT2D eigenvalue weighted by Crippen LogP contribution is -2.30. The van der Waals surface area contributed by atoms with Crippen molar-refractivity contribution in [3.8, 4) is 11.1 Å². The van der Waals surface area contributed by atoms with E-state index in [2.05, 4.69) is 34.7 Å². The van der Waals surface area contributed by atoms with Crippen molar-refractivity contribution in [2.24, 2.45) is 0 Å². The predicted octanol–water partition coefficient (Wildman–Crippen LogP) is 4.91. The molecule has 6 heteroatoms. The lowest BCUT2D eigenvalue weighted by atomic mass is 10.00. The number of fused-ring (bicyclic) bond motifs is 1. The molecule has 27 heavy (non-hydrogen) atoms. The predicted molar refractivity (Wildman–Crippen MR) is 111 cm³/mol. The topological polar surface area (TPSA) is 66.9 Å². The van der Waals surface area contributed by atoms with Crippen molar-refractivity contribution in [2.75, 3.05) is 5.32 Å². The second kappa shape index (κ2) is 7.92. The smallest absolute Gasteiger partial charge is 0.251 e. The van der Waals surface area contributed by atoms with E-state index in [0.29, 0.717) is 10.6 Å². The average molecular weight is 383 g/mol. The molecule has 5 nitrogen and oxygen atoms in total. The molecule has 1 amide bonds. The fraction of sp³-hybridized carbons (Fsp3) is 0.286. The van der Waals surface area contributed by atoms with Crippen LogP contribution < -0.4 is 10.6 Å². The summed E-state index contributed by atoms with van der Waals surface area (Å²) in [7, 11) is 0. The Bertz CT molecular complexity index is 985. The molecule has 0 radical (unpaired) electrons. The fourth-order valence-corrected chi connectivity index (χ4v) is 3.10. The van der Waals surface area contributed by atoms with Gasteiger partial charge in [-0.05, 0) is 63.6 Å². The van der Waals surface area contributed by atoms with E-state index >= 15 is 0 Å². The normalized spacial score (nSPS) is 11.2. The van der Waals surface area contributed by atoms with Crippen molar-refractivity contribution in [1.82, 2.24) is 15.5 Å². The molecule has 0 spiro atoms. The van der Waals surface area contributed by atoms with Crippen molar-refractivity contribution >= 4 is 34.1 Å². The number of nitrogens with one attached hydrogen (secondary N) is 2. The maximum absolute atomic E-state index is 12.3. The lowest BCUT2D eigenvalue weighted by molar-refractivity contribution is 0.0943. The van der Waals surface area contributed by atoms with E-state index in [-0.39, 0.29) is 18.0 Å². The number of carbonyl (C=O) groups is 1. The van der Waals surface area contributed by atoms with Crippen LogP contribution in [0.2, 0.25) is 5.02 Å². The maximum Gasteiger partial charge on any atom is 0.251 e. The number of amides is 1. The van der Waals surface area contributed by atoms with Crippen molar-refractivity contribution < 1.29 is 4.79 Å². The maximum atomic E-state index is 12.3. The molecule has 2 aromatic carbocycles. The summed E-state index contributed by atoms with van der Waals surface area (Å²) in [5.41, 5.74) is 2.32. The highest BCUT2D eigenvalue weighted by Crippen LogP contribution is 2.32. The van der Waals surface area contributed by atoms with Gasteiger partial charge in [-0.15, -0.1) is 5.10 Å². The SMILES string of the molecule is CC(C)NC(=O)c1ccc(Cl)c(-c2ccc3c(NC(C)C)nncc3c2)c1. The molecule has 0 atom stereocenters. The highest BCUT2D eigenvalue weighted by molar-refractivity contribution is 6.33. The Morgan fingerprint density at radius 1 is 1.04 bits per heavy atom. The summed E-state index contributed by atoms with van der Waals surface area (Å²) >= 11 is 6.42. The third-order valence-electron chi connectivity index (χ3n) is 4.05. The average Bonchev–Trinajstić information content (AvgIpc) is 2.61. The standard InChI is InChI=1S/C21H23ClN4O/c1-12(2)24-20-17-7-5-14(9-16(17)11-23-26-20)18-10-15(6-8-19(18)22)21(27)25-13(3)4/h5-13H,1-4H3,(H,24,26)(H,25,27). The molecule has 2 N–H and O–H groups in total. The fourth-order valence-electron chi connectivity index (χ4n) is 2.87. The number of benzene rings is 2. The van der Waals surface area contributed by atoms with Crippen molar-refractivity contribution in [3.05, 3.63) is 53.2 Å². The zero-order valence-electron chi connectivity index (χ0n) is 15.9. The minimum atomic E-state index is -0.113. The van der Waals surface area contributed by atoms with E-state index in [9.17, 15) is 4.79 Å². The van der Waals surface area contributed by atoms with E-state index in [0.717, 1.165) is 27.7 Å². The van der Waals surface area contributed by atoms with E-state index in [4.69, 9.17) is 11.6 Å². The Hall–Kier alpha value is -2.66. The van der Waals surface area contributed by atoms with Gasteiger partial charge in [-0.1, -0.05) is 17.7 Å². The van der Waals surface area contributed by atoms with E-state index in [1.807, 2.05) is 38.1 Å². The Balaban J connectivity index is 2.03. The Labute approximate surface area is 164 Å². The molecular weight excluding hydrogens is 360 g/mol. The second-order valence-electron chi connectivity index (χ2n) is 7.12. The first-order valence-electron chi connectivity index (χ1n) is 8.98. The van der Waals surface area contributed by atoms with Gasteiger partial charge in [0.2, 0.25) is 0 Å². The number of anilines is 1. The Kier molecular flexibility index (Phi) is 5.61. The van der Waals surface area contributed by atoms with Crippen LogP contribution in [0.1, 0.15) is 38.1 Å². The molecule has 0 aliphatic rings. The molecule has 1 aromatic heterocycles. The third-order valence-corrected chi connectivity index (χ3v) is 4.38. The zero-order valence-corrected chi connectivity index (χ0v) is 16.6. The van der Waals surface area contributed by atoms with Gasteiger partial charge in [0.25, 0.3) is 5.91 Å². The van der Waals surface area contributed by atoms with Crippen LogP contribution in [0.25, 0.3) is 21.9 Å². The van der Waals surface area contributed by atoms with Gasteiger partial charge < -0.3 is 10.6 Å². The van der Waals surface area contributed by atoms with Gasteiger partial charge >= 0.3 is 0 Å². The number of halogens is 1. The number of aromatic nitrogens is 2. The van der Waals surface area contributed by atoms with Gasteiger partial charge in [0.1, 0.15) is 0 Å². The van der Waals surface area contributed by atoms with Crippen LogP contribution in [0, 0.1) is 0 Å². The van der Waals surface area contributed by atoms with Crippen LogP contribution in [0.15, 0.2) is 42.6 Å². The van der Waals surface area contributed by atoms with Crippen molar-refractivity contribution in [1.29, 1.82) is 0 Å². The monoisotopic (exact) mass is 382 g/mol. The number of hydrogen-bond donors (Lipinski definition) is 2. The van der Waals surface area contributed by atoms with Gasteiger partial charge in [0.05, 0.1) is 6.20 Å². The molecule has 3 aromatic rings. The molecule has 0 fully saturated rings. The van der Waals surface area contributed by atoms with Crippen molar-refractivity contribution in [3.63, 3.8) is 0 Å². The Morgan fingerprint density at radius 3 is 2.52 bits per heavy atom. The second-order valence-corrected chi connectivity index (χ2v) is 7.52. The molecule has 140 valence electrons. The van der Waals surface area contributed by atoms with E-state index in [1.54, 1.807) is 18.3 Å². The summed E-state index contributed by atoms with van der Waals surface area (Å²) in [6, 6.07) is 11.7. The Morgan fingerprint density at radius 2 is 1.81 bits per heavy atom. The van der Waals surface area contributed by atoms with Crippen molar-refractivity contribution in [2.45, 2.75) is 39.8 Å². The van der Waals surface area contributed by atoms with E-state index < -0.39 is 0 Å². The molecule has 0 unspecified atom stereocenters. The number of nitrogens with zero attached hydrogens (tertiary/aromatic N) is 2. The number of rotatable bonds is 5. The first kappa shape index (κ1) is 19.1. The minimum absolute atomic E-state index is 0.0720. The molecule has 0 aliphatic carbocycles. The molecule has 3 rings (SSSR count). The molecule has 0 aliphatic heterocycles. The highest BCUT2D eigenvalue weighted by atomic mass is 35.5. The summed E-state index contributed by atoms with van der Waals surface area (Å²) in [6.45, 7) is 7.98. The summed E-state index contributed by atoms with van der Waals surface area (Å²) in [4.78, 5) is 12.3. The summed E-state index contributed by atoms with van der Waals surface area (Å²) < 4.78 is 0. The van der Waals surface area contributed by atoms with Gasteiger partial charge in [0.15, 0.2) is 5.82 Å². The minimum Gasteiger partial charge on any atom is -0.366 e. The lowest BCUT2D eigenvalue weighted by Gasteiger charge is -2.13. The van der Waals surface area contributed by atoms with Gasteiger partial charge in [-0.3, -0.25) is 4.79 Å². The third kappa shape index (κ3) is 4.37. The summed E-state index contributed by atoms with van der Waals surface area (Å²) in [5.74, 6) is 0.642. The number of carbonyl (C=O) groups excluding carboxylic acids is 1. The molecule has 0 saturated carbocycles. The zero-order chi connectivity index (χ0) is 19.6. The first-order valence-corrected chi connectivity index (χ1v) is 9.35. The van der Waals surface area contributed by atoms with Gasteiger partial charge in [-0.25, -0.2) is 0 Å². The van der Waals surface area contributed by atoms with Crippen LogP contribution in [0.5, 0.6) is 0 Å². The van der Waals surface area contributed by atoms with Crippen LogP contribution in [-0.4, -0.2) is 28.2 Å². The van der Waals surface area contributed by atoms with Gasteiger partial charge in [0, 0.05) is 39.0 Å². The van der Waals surface area contributed by atoms with E-state index in [1.165, 1.54) is 0 Å². The quantitative estimate of drug-likeness (QED) is 0.658. The highest BCUT2D eigenvalue weighted by Gasteiger charge is 2.13.